The van der Waals surface area contributed by atoms with Crippen LogP contribution in [0.25, 0.3) is 0 Å². The quantitative estimate of drug-likeness (QED) is 0.886. The lowest BCUT2D eigenvalue weighted by Crippen LogP contribution is -2.48. The molecule has 1 saturated heterocycles. The minimum absolute atomic E-state index is 0.178. The van der Waals surface area contributed by atoms with E-state index in [9.17, 15) is 12.8 Å². The molecule has 2 rings (SSSR count). The molecule has 1 aromatic carbocycles. The topological polar surface area (TPSA) is 63.4 Å². The Balaban J connectivity index is 2.36. The Bertz CT molecular complexity index is 569. The summed E-state index contributed by atoms with van der Waals surface area (Å²) in [5.41, 5.74) is 5.85. The zero-order valence-corrected chi connectivity index (χ0v) is 12.9. The van der Waals surface area contributed by atoms with Gasteiger partial charge in [0.25, 0.3) is 0 Å². The minimum atomic E-state index is -3.82. The van der Waals surface area contributed by atoms with Crippen LogP contribution in [-0.2, 0) is 10.0 Å². The van der Waals surface area contributed by atoms with E-state index >= 15 is 0 Å². The maximum atomic E-state index is 13.8. The SMILES string of the molecule is CC1CC(N)CN(S(=O)(=O)c2ccc(Br)cc2F)C1. The van der Waals surface area contributed by atoms with Crippen LogP contribution in [0.5, 0.6) is 0 Å². The molecular weight excluding hydrogens is 335 g/mol. The first kappa shape index (κ1) is 14.9. The maximum absolute atomic E-state index is 13.8. The predicted molar refractivity (Wildman–Crippen MR) is 74.6 cm³/mol. The monoisotopic (exact) mass is 350 g/mol. The standard InChI is InChI=1S/C12H16BrFN2O2S/c1-8-4-10(15)7-16(6-8)19(17,18)12-3-2-9(13)5-11(12)14/h2-3,5,8,10H,4,6-7,15H2,1H3. The fourth-order valence-corrected chi connectivity index (χ4v) is 4.36. The van der Waals surface area contributed by atoms with E-state index in [2.05, 4.69) is 15.9 Å². The molecule has 1 heterocycles. The van der Waals surface area contributed by atoms with Gasteiger partial charge in [0.1, 0.15) is 10.7 Å². The van der Waals surface area contributed by atoms with Gasteiger partial charge < -0.3 is 5.73 Å². The highest BCUT2D eigenvalue weighted by Crippen LogP contribution is 2.26. The number of halogens is 2. The highest BCUT2D eigenvalue weighted by Gasteiger charge is 2.33. The van der Waals surface area contributed by atoms with Crippen molar-refractivity contribution in [2.45, 2.75) is 24.3 Å². The predicted octanol–water partition coefficient (Wildman–Crippen LogP) is 1.95. The molecule has 0 amide bonds. The van der Waals surface area contributed by atoms with Crippen LogP contribution >= 0.6 is 15.9 Å². The summed E-state index contributed by atoms with van der Waals surface area (Å²) in [6, 6.07) is 3.75. The summed E-state index contributed by atoms with van der Waals surface area (Å²) in [5, 5.41) is 0. The third-order valence-electron chi connectivity index (χ3n) is 3.17. The van der Waals surface area contributed by atoms with Crippen LogP contribution in [0.15, 0.2) is 27.6 Å². The maximum Gasteiger partial charge on any atom is 0.246 e. The second kappa shape index (κ2) is 5.47. The molecule has 7 heteroatoms. The van der Waals surface area contributed by atoms with Crippen molar-refractivity contribution in [3.05, 3.63) is 28.5 Å². The molecule has 2 N–H and O–H groups in total. The minimum Gasteiger partial charge on any atom is -0.326 e. The molecule has 0 aliphatic carbocycles. The van der Waals surface area contributed by atoms with Gasteiger partial charge in [-0.1, -0.05) is 22.9 Å². The smallest absolute Gasteiger partial charge is 0.246 e. The molecule has 0 radical (unpaired) electrons. The molecule has 1 aliphatic rings. The largest absolute Gasteiger partial charge is 0.326 e. The number of nitrogens with two attached hydrogens (primary N) is 1. The van der Waals surface area contributed by atoms with Gasteiger partial charge in [0.15, 0.2) is 0 Å². The zero-order valence-electron chi connectivity index (χ0n) is 10.5. The molecule has 1 aliphatic heterocycles. The Morgan fingerprint density at radius 3 is 2.68 bits per heavy atom. The van der Waals surface area contributed by atoms with Crippen LogP contribution in [0.1, 0.15) is 13.3 Å². The number of rotatable bonds is 2. The van der Waals surface area contributed by atoms with E-state index in [-0.39, 0.29) is 23.4 Å². The molecule has 2 unspecified atom stereocenters. The summed E-state index contributed by atoms with van der Waals surface area (Å²) in [4.78, 5) is -0.294. The average molecular weight is 351 g/mol. The lowest BCUT2D eigenvalue weighted by atomic mass is 9.99. The second-order valence-electron chi connectivity index (χ2n) is 5.00. The van der Waals surface area contributed by atoms with Crippen molar-refractivity contribution < 1.29 is 12.8 Å². The molecule has 0 bridgehead atoms. The number of hydrogen-bond donors (Lipinski definition) is 1. The fourth-order valence-electron chi connectivity index (χ4n) is 2.37. The molecule has 0 saturated carbocycles. The van der Waals surface area contributed by atoms with Gasteiger partial charge in [-0.05, 0) is 30.5 Å². The Morgan fingerprint density at radius 2 is 2.11 bits per heavy atom. The van der Waals surface area contributed by atoms with E-state index in [1.165, 1.54) is 16.4 Å². The van der Waals surface area contributed by atoms with Crippen LogP contribution in [0.3, 0.4) is 0 Å². The Morgan fingerprint density at radius 1 is 1.42 bits per heavy atom. The van der Waals surface area contributed by atoms with E-state index in [0.717, 1.165) is 12.5 Å². The van der Waals surface area contributed by atoms with E-state index in [0.29, 0.717) is 11.0 Å². The molecule has 2 atom stereocenters. The van der Waals surface area contributed by atoms with Gasteiger partial charge in [-0.15, -0.1) is 0 Å². The summed E-state index contributed by atoms with van der Waals surface area (Å²) >= 11 is 3.11. The van der Waals surface area contributed by atoms with Gasteiger partial charge in [0.2, 0.25) is 10.0 Å². The normalized spacial score (nSPS) is 25.5. The van der Waals surface area contributed by atoms with Crippen LogP contribution in [0.2, 0.25) is 0 Å². The highest BCUT2D eigenvalue weighted by atomic mass is 79.9. The zero-order chi connectivity index (χ0) is 14.2. The Labute approximate surface area is 121 Å². The van der Waals surface area contributed by atoms with Crippen LogP contribution < -0.4 is 5.73 Å². The van der Waals surface area contributed by atoms with E-state index in [1.54, 1.807) is 0 Å². The second-order valence-corrected chi connectivity index (χ2v) is 7.82. The molecule has 106 valence electrons. The average Bonchev–Trinajstić information content (AvgIpc) is 2.26. The summed E-state index contributed by atoms with van der Waals surface area (Å²) in [7, 11) is -3.82. The summed E-state index contributed by atoms with van der Waals surface area (Å²) < 4.78 is 40.5. The van der Waals surface area contributed by atoms with Gasteiger partial charge >= 0.3 is 0 Å². The van der Waals surface area contributed by atoms with Gasteiger partial charge in [0.05, 0.1) is 0 Å². The van der Waals surface area contributed by atoms with Gasteiger partial charge in [-0.3, -0.25) is 0 Å². The number of nitrogens with zero attached hydrogens (tertiary/aromatic N) is 1. The van der Waals surface area contributed by atoms with Gasteiger partial charge in [-0.25, -0.2) is 12.8 Å². The van der Waals surface area contributed by atoms with Gasteiger partial charge in [-0.2, -0.15) is 4.31 Å². The third-order valence-corrected chi connectivity index (χ3v) is 5.53. The first-order chi connectivity index (χ1) is 8.80. The van der Waals surface area contributed by atoms with Crippen LogP contribution in [0.4, 0.5) is 4.39 Å². The lowest BCUT2D eigenvalue weighted by Gasteiger charge is -2.33. The number of sulfonamides is 1. The third kappa shape index (κ3) is 3.16. The van der Waals surface area contributed by atoms with Crippen LogP contribution in [-0.4, -0.2) is 31.9 Å². The van der Waals surface area contributed by atoms with E-state index < -0.39 is 15.8 Å². The van der Waals surface area contributed by atoms with Crippen molar-refractivity contribution in [3.63, 3.8) is 0 Å². The number of benzene rings is 1. The van der Waals surface area contributed by atoms with E-state index in [4.69, 9.17) is 5.73 Å². The Hall–Kier alpha value is -0.500. The highest BCUT2D eigenvalue weighted by molar-refractivity contribution is 9.10. The fraction of sp³-hybridized carbons (Fsp3) is 0.500. The molecule has 0 aromatic heterocycles. The molecular formula is C12H16BrFN2O2S. The molecule has 19 heavy (non-hydrogen) atoms. The lowest BCUT2D eigenvalue weighted by molar-refractivity contribution is 0.254. The number of hydrogen-bond acceptors (Lipinski definition) is 3. The summed E-state index contributed by atoms with van der Waals surface area (Å²) in [6.45, 7) is 2.56. The molecule has 4 nitrogen and oxygen atoms in total. The van der Waals surface area contributed by atoms with Crippen molar-refractivity contribution >= 4 is 26.0 Å². The van der Waals surface area contributed by atoms with Crippen molar-refractivity contribution in [1.82, 2.24) is 4.31 Å². The van der Waals surface area contributed by atoms with Crippen molar-refractivity contribution in [3.8, 4) is 0 Å². The van der Waals surface area contributed by atoms with Crippen LogP contribution in [0, 0.1) is 11.7 Å². The van der Waals surface area contributed by atoms with Crippen molar-refractivity contribution in [1.29, 1.82) is 0 Å². The molecule has 1 aromatic rings. The van der Waals surface area contributed by atoms with E-state index in [1.807, 2.05) is 6.92 Å². The molecule has 1 fully saturated rings. The van der Waals surface area contributed by atoms with Gasteiger partial charge in [0, 0.05) is 23.6 Å². The van der Waals surface area contributed by atoms with Crippen molar-refractivity contribution in [2.24, 2.45) is 11.7 Å². The number of piperidine rings is 1. The summed E-state index contributed by atoms with van der Waals surface area (Å²) in [6.07, 6.45) is 0.787. The summed E-state index contributed by atoms with van der Waals surface area (Å²) in [5.74, 6) is -0.571. The van der Waals surface area contributed by atoms with Crippen molar-refractivity contribution in [2.75, 3.05) is 13.1 Å². The first-order valence-electron chi connectivity index (χ1n) is 6.01. The first-order valence-corrected chi connectivity index (χ1v) is 8.25. The Kier molecular flexibility index (Phi) is 4.29. The molecule has 0 spiro atoms.